The monoisotopic (exact) mass is 376 g/mol. The second-order valence-corrected chi connectivity index (χ2v) is 7.57. The van der Waals surface area contributed by atoms with Crippen LogP contribution in [0.5, 0.6) is 5.75 Å². The van der Waals surface area contributed by atoms with Crippen molar-refractivity contribution in [2.24, 2.45) is 5.92 Å². The van der Waals surface area contributed by atoms with Gasteiger partial charge in [0.25, 0.3) is 11.8 Å². The molecule has 2 aliphatic rings. The predicted octanol–water partition coefficient (Wildman–Crippen LogP) is 3.49. The number of methoxy groups -OCH3 is 1. The van der Waals surface area contributed by atoms with Crippen molar-refractivity contribution in [2.75, 3.05) is 25.1 Å². The summed E-state index contributed by atoms with van der Waals surface area (Å²) in [6.07, 6.45) is 0.852. The van der Waals surface area contributed by atoms with E-state index in [0.29, 0.717) is 35.7 Å². The minimum atomic E-state index is -0.248. The van der Waals surface area contributed by atoms with Crippen LogP contribution in [0.25, 0.3) is 5.57 Å². The van der Waals surface area contributed by atoms with Gasteiger partial charge in [0.15, 0.2) is 0 Å². The van der Waals surface area contributed by atoms with Crippen LogP contribution in [0.2, 0.25) is 0 Å². The predicted molar refractivity (Wildman–Crippen MR) is 109 cm³/mol. The molecule has 5 heteroatoms. The van der Waals surface area contributed by atoms with E-state index in [4.69, 9.17) is 4.74 Å². The Kier molecular flexibility index (Phi) is 4.67. The molecule has 0 spiro atoms. The summed E-state index contributed by atoms with van der Waals surface area (Å²) in [5, 5.41) is 0. The van der Waals surface area contributed by atoms with E-state index in [-0.39, 0.29) is 17.7 Å². The number of carbonyl (C=O) groups excluding carboxylic acids is 2. The first-order valence-electron chi connectivity index (χ1n) is 9.62. The van der Waals surface area contributed by atoms with Crippen molar-refractivity contribution >= 4 is 23.1 Å². The highest BCUT2D eigenvalue weighted by Crippen LogP contribution is 2.40. The summed E-state index contributed by atoms with van der Waals surface area (Å²) >= 11 is 0. The topological polar surface area (TPSA) is 49.9 Å². The van der Waals surface area contributed by atoms with Gasteiger partial charge in [0.2, 0.25) is 0 Å². The molecule has 2 amide bonds. The van der Waals surface area contributed by atoms with Crippen molar-refractivity contribution in [2.45, 2.75) is 20.3 Å². The Labute approximate surface area is 165 Å². The molecular weight excluding hydrogens is 352 g/mol. The summed E-state index contributed by atoms with van der Waals surface area (Å²) in [5.74, 6) is 0.311. The number of para-hydroxylation sites is 2. The first-order valence-corrected chi connectivity index (χ1v) is 9.62. The zero-order valence-electron chi connectivity index (χ0n) is 16.4. The van der Waals surface area contributed by atoms with Crippen molar-refractivity contribution in [3.63, 3.8) is 0 Å². The SMILES string of the molecule is COc1ccccc1C1=C(N2CCc3ccccc32)C(=O)N(CC(C)C)C1=O. The Morgan fingerprint density at radius 2 is 1.71 bits per heavy atom. The van der Waals surface area contributed by atoms with Gasteiger partial charge in [-0.25, -0.2) is 0 Å². The molecule has 2 aromatic rings. The minimum absolute atomic E-state index is 0.192. The molecule has 0 aliphatic carbocycles. The molecule has 4 rings (SSSR count). The Balaban J connectivity index is 1.90. The molecule has 2 aromatic carbocycles. The lowest BCUT2D eigenvalue weighted by atomic mass is 10.0. The van der Waals surface area contributed by atoms with Gasteiger partial charge in [0.05, 0.1) is 12.7 Å². The van der Waals surface area contributed by atoms with Crippen LogP contribution in [-0.2, 0) is 16.0 Å². The molecule has 0 atom stereocenters. The van der Waals surface area contributed by atoms with E-state index in [1.54, 1.807) is 7.11 Å². The molecular formula is C23H24N2O3. The van der Waals surface area contributed by atoms with E-state index in [0.717, 1.165) is 12.1 Å². The molecule has 2 aliphatic heterocycles. The third-order valence-corrected chi connectivity index (χ3v) is 5.22. The van der Waals surface area contributed by atoms with Crippen LogP contribution in [0.15, 0.2) is 54.2 Å². The van der Waals surface area contributed by atoms with Crippen LogP contribution in [0, 0.1) is 5.92 Å². The second kappa shape index (κ2) is 7.15. The van der Waals surface area contributed by atoms with Gasteiger partial charge < -0.3 is 9.64 Å². The van der Waals surface area contributed by atoms with Crippen molar-refractivity contribution < 1.29 is 14.3 Å². The molecule has 0 radical (unpaired) electrons. The van der Waals surface area contributed by atoms with E-state index >= 15 is 0 Å². The molecule has 0 saturated heterocycles. The molecule has 0 aromatic heterocycles. The van der Waals surface area contributed by atoms with Gasteiger partial charge in [0.1, 0.15) is 11.4 Å². The fourth-order valence-corrected chi connectivity index (χ4v) is 4.01. The molecule has 2 heterocycles. The van der Waals surface area contributed by atoms with Gasteiger partial charge in [0, 0.05) is 24.3 Å². The molecule has 0 fully saturated rings. The number of fused-ring (bicyclic) bond motifs is 1. The van der Waals surface area contributed by atoms with Gasteiger partial charge >= 0.3 is 0 Å². The van der Waals surface area contributed by atoms with E-state index in [1.165, 1.54) is 10.5 Å². The Morgan fingerprint density at radius 3 is 2.46 bits per heavy atom. The quantitative estimate of drug-likeness (QED) is 0.750. The van der Waals surface area contributed by atoms with Crippen molar-refractivity contribution in [1.82, 2.24) is 4.90 Å². The van der Waals surface area contributed by atoms with Crippen LogP contribution in [-0.4, -0.2) is 36.9 Å². The summed E-state index contributed by atoms with van der Waals surface area (Å²) in [6.45, 7) is 5.09. The van der Waals surface area contributed by atoms with Gasteiger partial charge in [-0.1, -0.05) is 50.2 Å². The number of hydrogen-bond donors (Lipinski definition) is 0. The second-order valence-electron chi connectivity index (χ2n) is 7.57. The average Bonchev–Trinajstić information content (AvgIpc) is 3.22. The zero-order valence-corrected chi connectivity index (χ0v) is 16.4. The Morgan fingerprint density at radius 1 is 1.00 bits per heavy atom. The first-order chi connectivity index (χ1) is 13.5. The Hall–Kier alpha value is -3.08. The number of amides is 2. The number of ether oxygens (including phenoxy) is 1. The molecule has 144 valence electrons. The van der Waals surface area contributed by atoms with Crippen LogP contribution < -0.4 is 9.64 Å². The smallest absolute Gasteiger partial charge is 0.278 e. The lowest BCUT2D eigenvalue weighted by Gasteiger charge is -2.22. The van der Waals surface area contributed by atoms with Crippen molar-refractivity contribution in [1.29, 1.82) is 0 Å². The normalized spacial score (nSPS) is 16.4. The fourth-order valence-electron chi connectivity index (χ4n) is 4.01. The lowest BCUT2D eigenvalue weighted by Crippen LogP contribution is -2.37. The number of rotatable bonds is 5. The standard InChI is InChI=1S/C23H24N2O3/c1-15(2)14-25-22(26)20(17-9-5-7-11-19(17)28-3)21(23(25)27)24-13-12-16-8-4-6-10-18(16)24/h4-11,15H,12-14H2,1-3H3. The maximum Gasteiger partial charge on any atom is 0.278 e. The van der Waals surface area contributed by atoms with Crippen LogP contribution in [0.1, 0.15) is 25.0 Å². The molecule has 0 bridgehead atoms. The summed E-state index contributed by atoms with van der Waals surface area (Å²) in [4.78, 5) is 30.1. The molecule has 28 heavy (non-hydrogen) atoms. The van der Waals surface area contributed by atoms with E-state index in [1.807, 2.05) is 61.2 Å². The number of benzene rings is 2. The maximum atomic E-state index is 13.4. The molecule has 0 saturated carbocycles. The van der Waals surface area contributed by atoms with Gasteiger partial charge in [-0.2, -0.15) is 0 Å². The van der Waals surface area contributed by atoms with Gasteiger partial charge in [-0.05, 0) is 30.0 Å². The highest BCUT2D eigenvalue weighted by Gasteiger charge is 2.44. The highest BCUT2D eigenvalue weighted by molar-refractivity contribution is 6.37. The van der Waals surface area contributed by atoms with Crippen LogP contribution >= 0.6 is 0 Å². The fraction of sp³-hybridized carbons (Fsp3) is 0.304. The van der Waals surface area contributed by atoms with E-state index in [2.05, 4.69) is 6.07 Å². The van der Waals surface area contributed by atoms with E-state index < -0.39 is 0 Å². The first kappa shape index (κ1) is 18.3. The third-order valence-electron chi connectivity index (χ3n) is 5.22. The number of nitrogens with zero attached hydrogens (tertiary/aromatic N) is 2. The summed E-state index contributed by atoms with van der Waals surface area (Å²) < 4.78 is 5.50. The minimum Gasteiger partial charge on any atom is -0.496 e. The summed E-state index contributed by atoms with van der Waals surface area (Å²) in [6, 6.07) is 15.5. The number of hydrogen-bond acceptors (Lipinski definition) is 4. The number of anilines is 1. The number of carbonyl (C=O) groups is 2. The third kappa shape index (κ3) is 2.87. The Bertz CT molecular complexity index is 977. The average molecular weight is 376 g/mol. The van der Waals surface area contributed by atoms with Crippen molar-refractivity contribution in [3.8, 4) is 5.75 Å². The maximum absolute atomic E-state index is 13.4. The van der Waals surface area contributed by atoms with Gasteiger partial charge in [-0.3, -0.25) is 14.5 Å². The van der Waals surface area contributed by atoms with Gasteiger partial charge in [-0.15, -0.1) is 0 Å². The molecule has 0 N–H and O–H groups in total. The zero-order chi connectivity index (χ0) is 19.8. The summed E-state index contributed by atoms with van der Waals surface area (Å²) in [5.41, 5.74) is 3.74. The van der Waals surface area contributed by atoms with Crippen molar-refractivity contribution in [3.05, 3.63) is 65.4 Å². The molecule has 5 nitrogen and oxygen atoms in total. The van der Waals surface area contributed by atoms with E-state index in [9.17, 15) is 9.59 Å². The van der Waals surface area contributed by atoms with Crippen LogP contribution in [0.4, 0.5) is 5.69 Å². The largest absolute Gasteiger partial charge is 0.496 e. The highest BCUT2D eigenvalue weighted by atomic mass is 16.5. The lowest BCUT2D eigenvalue weighted by molar-refractivity contribution is -0.137. The number of imide groups is 1. The van der Waals surface area contributed by atoms with Crippen LogP contribution in [0.3, 0.4) is 0 Å². The molecule has 0 unspecified atom stereocenters. The summed E-state index contributed by atoms with van der Waals surface area (Å²) in [7, 11) is 1.58.